The molecule has 0 spiro atoms. The Bertz CT molecular complexity index is 642. The quantitative estimate of drug-likeness (QED) is 0.827. The van der Waals surface area contributed by atoms with Crippen LogP contribution >= 0.6 is 15.9 Å². The lowest BCUT2D eigenvalue weighted by molar-refractivity contribution is 0.00498. The maximum atomic E-state index is 12.4. The highest BCUT2D eigenvalue weighted by Gasteiger charge is 2.28. The summed E-state index contributed by atoms with van der Waals surface area (Å²) in [7, 11) is 0. The van der Waals surface area contributed by atoms with E-state index in [0.717, 1.165) is 30.4 Å². The first-order valence-electron chi connectivity index (χ1n) is 7.93. The molecule has 0 amide bonds. The summed E-state index contributed by atoms with van der Waals surface area (Å²) in [6.45, 7) is 1.77. The molecule has 1 saturated heterocycles. The molecule has 0 aliphatic carbocycles. The van der Waals surface area contributed by atoms with E-state index >= 15 is 0 Å². The number of rotatable bonds is 4. The fourth-order valence-electron chi connectivity index (χ4n) is 2.97. The van der Waals surface area contributed by atoms with Gasteiger partial charge in [-0.1, -0.05) is 46.3 Å². The van der Waals surface area contributed by atoms with Gasteiger partial charge >= 0.3 is 5.97 Å². The van der Waals surface area contributed by atoms with Gasteiger partial charge < -0.3 is 10.1 Å². The second-order valence-electron chi connectivity index (χ2n) is 5.89. The summed E-state index contributed by atoms with van der Waals surface area (Å²) in [5, 5.41) is 3.41. The second kappa shape index (κ2) is 7.75. The van der Waals surface area contributed by atoms with E-state index in [1.807, 2.05) is 18.2 Å². The number of esters is 1. The van der Waals surface area contributed by atoms with E-state index in [4.69, 9.17) is 4.74 Å². The minimum atomic E-state index is -0.234. The van der Waals surface area contributed by atoms with Crippen LogP contribution in [0.2, 0.25) is 0 Å². The lowest BCUT2D eigenvalue weighted by atomic mass is 9.89. The number of hydrogen-bond acceptors (Lipinski definition) is 3. The Hall–Kier alpha value is -1.65. The van der Waals surface area contributed by atoms with Gasteiger partial charge in [0.25, 0.3) is 0 Å². The van der Waals surface area contributed by atoms with Crippen LogP contribution in [-0.2, 0) is 11.2 Å². The van der Waals surface area contributed by atoms with Gasteiger partial charge in [-0.15, -0.1) is 0 Å². The number of halogens is 1. The summed E-state index contributed by atoms with van der Waals surface area (Å²) in [5.41, 5.74) is 1.89. The minimum Gasteiger partial charge on any atom is -0.458 e. The highest BCUT2D eigenvalue weighted by molar-refractivity contribution is 9.10. The van der Waals surface area contributed by atoms with Gasteiger partial charge in [-0.2, -0.15) is 0 Å². The number of ether oxygens (including phenoxy) is 1. The lowest BCUT2D eigenvalue weighted by Gasteiger charge is -2.32. The summed E-state index contributed by atoms with van der Waals surface area (Å²) >= 11 is 3.38. The van der Waals surface area contributed by atoms with Gasteiger partial charge in [0.2, 0.25) is 0 Å². The highest BCUT2D eigenvalue weighted by Crippen LogP contribution is 2.22. The van der Waals surface area contributed by atoms with Crippen molar-refractivity contribution in [2.45, 2.75) is 18.9 Å². The molecule has 4 heteroatoms. The molecule has 1 N–H and O–H groups in total. The molecular weight excluding hydrogens is 354 g/mol. The number of carbonyl (C=O) groups is 1. The summed E-state index contributed by atoms with van der Waals surface area (Å²) in [6.07, 6.45) is 1.75. The van der Waals surface area contributed by atoms with Crippen molar-refractivity contribution in [3.8, 4) is 0 Å². The van der Waals surface area contributed by atoms with Crippen LogP contribution in [0.1, 0.15) is 22.3 Å². The Kier molecular flexibility index (Phi) is 5.47. The predicted molar refractivity (Wildman–Crippen MR) is 94.5 cm³/mol. The van der Waals surface area contributed by atoms with E-state index in [2.05, 4.69) is 45.5 Å². The average Bonchev–Trinajstić information content (AvgIpc) is 2.58. The smallest absolute Gasteiger partial charge is 0.338 e. The lowest BCUT2D eigenvalue weighted by Crippen LogP contribution is -2.43. The molecule has 0 radical (unpaired) electrons. The van der Waals surface area contributed by atoms with E-state index < -0.39 is 0 Å². The van der Waals surface area contributed by atoms with Crippen LogP contribution in [0.4, 0.5) is 0 Å². The molecule has 0 saturated carbocycles. The maximum absolute atomic E-state index is 12.4. The van der Waals surface area contributed by atoms with Gasteiger partial charge in [-0.25, -0.2) is 4.79 Å². The van der Waals surface area contributed by atoms with Crippen LogP contribution < -0.4 is 5.32 Å². The Morgan fingerprint density at radius 3 is 2.61 bits per heavy atom. The zero-order chi connectivity index (χ0) is 16.1. The first-order valence-corrected chi connectivity index (χ1v) is 8.73. The molecule has 1 heterocycles. The van der Waals surface area contributed by atoms with Crippen molar-refractivity contribution in [2.75, 3.05) is 13.1 Å². The largest absolute Gasteiger partial charge is 0.458 e. The monoisotopic (exact) mass is 373 g/mol. The zero-order valence-corrected chi connectivity index (χ0v) is 14.5. The molecule has 3 nitrogen and oxygen atoms in total. The SMILES string of the molecule is O=C(OC1CCNCC1Cc1ccccc1)c1ccc(Br)cc1. The van der Waals surface area contributed by atoms with Crippen LogP contribution in [0.5, 0.6) is 0 Å². The third-order valence-electron chi connectivity index (χ3n) is 4.22. The maximum Gasteiger partial charge on any atom is 0.338 e. The van der Waals surface area contributed by atoms with Crippen molar-refractivity contribution in [1.29, 1.82) is 0 Å². The van der Waals surface area contributed by atoms with E-state index in [1.54, 1.807) is 12.1 Å². The van der Waals surface area contributed by atoms with Gasteiger partial charge in [-0.05, 0) is 49.2 Å². The topological polar surface area (TPSA) is 38.3 Å². The van der Waals surface area contributed by atoms with Crippen molar-refractivity contribution in [1.82, 2.24) is 5.32 Å². The standard InChI is InChI=1S/C19H20BrNO2/c20-17-8-6-15(7-9-17)19(22)23-18-10-11-21-13-16(18)12-14-4-2-1-3-5-14/h1-9,16,18,21H,10-13H2. The normalized spacial score (nSPS) is 20.9. The van der Waals surface area contributed by atoms with Crippen molar-refractivity contribution in [2.24, 2.45) is 5.92 Å². The van der Waals surface area contributed by atoms with Gasteiger partial charge in [0.15, 0.2) is 0 Å². The molecule has 0 aromatic heterocycles. The molecular formula is C19H20BrNO2. The minimum absolute atomic E-state index is 0.0346. The Balaban J connectivity index is 1.66. The van der Waals surface area contributed by atoms with E-state index in [-0.39, 0.29) is 12.1 Å². The number of carbonyl (C=O) groups excluding carboxylic acids is 1. The fraction of sp³-hybridized carbons (Fsp3) is 0.316. The van der Waals surface area contributed by atoms with Crippen LogP contribution in [0.25, 0.3) is 0 Å². The van der Waals surface area contributed by atoms with Crippen LogP contribution in [0, 0.1) is 5.92 Å². The number of nitrogens with one attached hydrogen (secondary N) is 1. The van der Waals surface area contributed by atoms with E-state index in [9.17, 15) is 4.79 Å². The van der Waals surface area contributed by atoms with Crippen LogP contribution in [0.15, 0.2) is 59.1 Å². The number of piperidine rings is 1. The van der Waals surface area contributed by atoms with Crippen molar-refractivity contribution < 1.29 is 9.53 Å². The predicted octanol–water partition coefficient (Wildman–Crippen LogP) is 3.83. The van der Waals surface area contributed by atoms with Gasteiger partial charge in [0.1, 0.15) is 6.10 Å². The molecule has 1 aliphatic rings. The molecule has 120 valence electrons. The summed E-state index contributed by atoms with van der Waals surface area (Å²) < 4.78 is 6.76. The zero-order valence-electron chi connectivity index (χ0n) is 12.9. The molecule has 0 bridgehead atoms. The van der Waals surface area contributed by atoms with Crippen LogP contribution in [-0.4, -0.2) is 25.2 Å². The third kappa shape index (κ3) is 4.43. The first kappa shape index (κ1) is 16.2. The fourth-order valence-corrected chi connectivity index (χ4v) is 3.23. The molecule has 2 unspecified atom stereocenters. The Morgan fingerprint density at radius 2 is 1.87 bits per heavy atom. The van der Waals surface area contributed by atoms with Crippen molar-refractivity contribution in [3.05, 3.63) is 70.2 Å². The molecule has 2 aromatic carbocycles. The second-order valence-corrected chi connectivity index (χ2v) is 6.81. The van der Waals surface area contributed by atoms with Crippen molar-refractivity contribution >= 4 is 21.9 Å². The van der Waals surface area contributed by atoms with E-state index in [1.165, 1.54) is 5.56 Å². The summed E-state index contributed by atoms with van der Waals surface area (Å²) in [6, 6.07) is 17.7. The molecule has 3 rings (SSSR count). The average molecular weight is 374 g/mol. The number of hydrogen-bond donors (Lipinski definition) is 1. The first-order chi connectivity index (χ1) is 11.2. The molecule has 23 heavy (non-hydrogen) atoms. The van der Waals surface area contributed by atoms with Gasteiger partial charge in [0.05, 0.1) is 5.56 Å². The van der Waals surface area contributed by atoms with Crippen molar-refractivity contribution in [3.63, 3.8) is 0 Å². The van der Waals surface area contributed by atoms with Gasteiger partial charge in [-0.3, -0.25) is 0 Å². The molecule has 2 atom stereocenters. The number of benzene rings is 2. The molecule has 1 aliphatic heterocycles. The highest BCUT2D eigenvalue weighted by atomic mass is 79.9. The molecule has 2 aromatic rings. The van der Waals surface area contributed by atoms with E-state index in [0.29, 0.717) is 11.5 Å². The van der Waals surface area contributed by atoms with Crippen LogP contribution in [0.3, 0.4) is 0 Å². The van der Waals surface area contributed by atoms with Gasteiger partial charge in [0, 0.05) is 16.9 Å². The Morgan fingerprint density at radius 1 is 1.13 bits per heavy atom. The molecule has 1 fully saturated rings. The summed E-state index contributed by atoms with van der Waals surface area (Å²) in [5.74, 6) is 0.0769. The third-order valence-corrected chi connectivity index (χ3v) is 4.75. The summed E-state index contributed by atoms with van der Waals surface area (Å²) in [4.78, 5) is 12.4. The Labute approximate surface area is 145 Å².